The van der Waals surface area contributed by atoms with Crippen LogP contribution in [0.3, 0.4) is 0 Å². The Balaban J connectivity index is 2.05. The molecule has 3 atom stereocenters. The second-order valence-electron chi connectivity index (χ2n) is 5.72. The highest BCUT2D eigenvalue weighted by Crippen LogP contribution is 2.38. The van der Waals surface area contributed by atoms with Crippen LogP contribution < -0.4 is 5.32 Å². The van der Waals surface area contributed by atoms with Gasteiger partial charge in [0.15, 0.2) is 0 Å². The van der Waals surface area contributed by atoms with E-state index in [4.69, 9.17) is 0 Å². The van der Waals surface area contributed by atoms with E-state index < -0.39 is 0 Å². The van der Waals surface area contributed by atoms with Crippen molar-refractivity contribution in [2.75, 3.05) is 6.54 Å². The molecule has 1 aromatic rings. The third kappa shape index (κ3) is 4.23. The molecule has 1 N–H and O–H groups in total. The molecule has 0 aromatic heterocycles. The van der Waals surface area contributed by atoms with E-state index in [0.29, 0.717) is 11.3 Å². The molecule has 112 valence electrons. The first-order valence-electron chi connectivity index (χ1n) is 7.89. The minimum absolute atomic E-state index is 0.0784. The van der Waals surface area contributed by atoms with Crippen LogP contribution in [0.25, 0.3) is 0 Å². The first-order chi connectivity index (χ1) is 9.74. The van der Waals surface area contributed by atoms with Crippen LogP contribution in [0.15, 0.2) is 29.2 Å². The smallest absolute Gasteiger partial charge is 0.136 e. The summed E-state index contributed by atoms with van der Waals surface area (Å²) in [4.78, 5) is 0.803. The van der Waals surface area contributed by atoms with Crippen molar-refractivity contribution in [1.82, 2.24) is 5.32 Å². The van der Waals surface area contributed by atoms with Crippen molar-refractivity contribution in [2.24, 2.45) is 5.92 Å². The van der Waals surface area contributed by atoms with E-state index in [1.54, 1.807) is 23.9 Å². The average molecular weight is 295 g/mol. The van der Waals surface area contributed by atoms with Crippen LogP contribution in [-0.4, -0.2) is 17.8 Å². The van der Waals surface area contributed by atoms with Gasteiger partial charge in [0.2, 0.25) is 0 Å². The van der Waals surface area contributed by atoms with Gasteiger partial charge < -0.3 is 5.32 Å². The number of thioether (sulfide) groups is 1. The van der Waals surface area contributed by atoms with E-state index in [1.165, 1.54) is 32.1 Å². The number of hydrogen-bond donors (Lipinski definition) is 1. The maximum atomic E-state index is 13.9. The molecule has 20 heavy (non-hydrogen) atoms. The molecule has 0 heterocycles. The number of rotatable bonds is 6. The largest absolute Gasteiger partial charge is 0.313 e. The van der Waals surface area contributed by atoms with E-state index in [0.717, 1.165) is 17.4 Å². The summed E-state index contributed by atoms with van der Waals surface area (Å²) >= 11 is 1.73. The van der Waals surface area contributed by atoms with E-state index >= 15 is 0 Å². The zero-order valence-corrected chi connectivity index (χ0v) is 13.4. The zero-order chi connectivity index (χ0) is 14.4. The van der Waals surface area contributed by atoms with Gasteiger partial charge in [-0.25, -0.2) is 4.39 Å². The predicted octanol–water partition coefficient (Wildman–Crippen LogP) is 4.86. The molecule has 1 aromatic carbocycles. The highest BCUT2D eigenvalue weighted by atomic mass is 32.2. The van der Waals surface area contributed by atoms with Gasteiger partial charge in [0.25, 0.3) is 0 Å². The van der Waals surface area contributed by atoms with Gasteiger partial charge >= 0.3 is 0 Å². The van der Waals surface area contributed by atoms with Crippen molar-refractivity contribution in [2.45, 2.75) is 62.1 Å². The lowest BCUT2D eigenvalue weighted by molar-refractivity contribution is 0.289. The summed E-state index contributed by atoms with van der Waals surface area (Å²) in [6.07, 6.45) is 6.33. The van der Waals surface area contributed by atoms with Crippen LogP contribution in [-0.2, 0) is 0 Å². The summed E-state index contributed by atoms with van der Waals surface area (Å²) in [5.41, 5.74) is 0. The monoisotopic (exact) mass is 295 g/mol. The van der Waals surface area contributed by atoms with Crippen LogP contribution >= 0.6 is 11.8 Å². The third-order valence-electron chi connectivity index (χ3n) is 4.18. The van der Waals surface area contributed by atoms with Crippen molar-refractivity contribution >= 4 is 11.8 Å². The van der Waals surface area contributed by atoms with Crippen molar-refractivity contribution in [3.05, 3.63) is 30.1 Å². The summed E-state index contributed by atoms with van der Waals surface area (Å²) in [5.74, 6) is 0.740. The van der Waals surface area contributed by atoms with Gasteiger partial charge in [-0.05, 0) is 43.9 Å². The third-order valence-corrected chi connectivity index (χ3v) is 5.59. The zero-order valence-electron chi connectivity index (χ0n) is 12.6. The van der Waals surface area contributed by atoms with Crippen molar-refractivity contribution < 1.29 is 4.39 Å². The minimum atomic E-state index is -0.0784. The van der Waals surface area contributed by atoms with Crippen molar-refractivity contribution in [3.8, 4) is 0 Å². The first kappa shape index (κ1) is 15.8. The van der Waals surface area contributed by atoms with Gasteiger partial charge in [-0.15, -0.1) is 11.8 Å². The fraction of sp³-hybridized carbons (Fsp3) is 0.647. The molecule has 1 aliphatic carbocycles. The predicted molar refractivity (Wildman–Crippen MR) is 85.8 cm³/mol. The molecule has 1 nitrogen and oxygen atoms in total. The molecule has 0 bridgehead atoms. The molecular formula is C17H26FNS. The van der Waals surface area contributed by atoms with Crippen LogP contribution in [0.5, 0.6) is 0 Å². The van der Waals surface area contributed by atoms with Gasteiger partial charge in [-0.1, -0.05) is 38.8 Å². The molecule has 1 aliphatic rings. The Morgan fingerprint density at radius 3 is 2.75 bits per heavy atom. The highest BCUT2D eigenvalue weighted by molar-refractivity contribution is 8.00. The van der Waals surface area contributed by atoms with E-state index in [1.807, 2.05) is 12.1 Å². The Kier molecular flexibility index (Phi) is 6.37. The molecule has 0 aliphatic heterocycles. The normalized spacial score (nSPS) is 26.6. The van der Waals surface area contributed by atoms with Crippen LogP contribution in [0, 0.1) is 11.7 Å². The maximum Gasteiger partial charge on any atom is 0.136 e. The summed E-state index contributed by atoms with van der Waals surface area (Å²) in [6.45, 7) is 5.41. The van der Waals surface area contributed by atoms with E-state index in [2.05, 4.69) is 19.2 Å². The van der Waals surface area contributed by atoms with Crippen molar-refractivity contribution in [3.63, 3.8) is 0 Å². The molecule has 0 radical (unpaired) electrons. The molecular weight excluding hydrogens is 269 g/mol. The van der Waals surface area contributed by atoms with Gasteiger partial charge in [0.05, 0.1) is 0 Å². The highest BCUT2D eigenvalue weighted by Gasteiger charge is 2.30. The lowest BCUT2D eigenvalue weighted by Crippen LogP contribution is -2.42. The van der Waals surface area contributed by atoms with Crippen LogP contribution in [0.4, 0.5) is 4.39 Å². The Labute approximate surface area is 126 Å². The SMILES string of the molecule is CCCC1CCC(NCC)C(Sc2ccccc2F)C1. The molecule has 0 saturated heterocycles. The van der Waals surface area contributed by atoms with E-state index in [-0.39, 0.29) is 5.82 Å². The topological polar surface area (TPSA) is 12.0 Å². The van der Waals surface area contributed by atoms with Gasteiger partial charge in [-0.2, -0.15) is 0 Å². The molecule has 3 heteroatoms. The summed E-state index contributed by atoms with van der Waals surface area (Å²) in [5, 5.41) is 4.09. The summed E-state index contributed by atoms with van der Waals surface area (Å²) < 4.78 is 13.9. The lowest BCUT2D eigenvalue weighted by Gasteiger charge is -2.36. The standard InChI is InChI=1S/C17H26FNS/c1-3-7-13-10-11-15(19-4-2)17(12-13)20-16-9-6-5-8-14(16)18/h5-6,8-9,13,15,17,19H,3-4,7,10-12H2,1-2H3. The quantitative estimate of drug-likeness (QED) is 0.804. The average Bonchev–Trinajstić information content (AvgIpc) is 2.45. The maximum absolute atomic E-state index is 13.9. The Hall–Kier alpha value is -0.540. The lowest BCUT2D eigenvalue weighted by atomic mass is 9.83. The van der Waals surface area contributed by atoms with Gasteiger partial charge in [0.1, 0.15) is 5.82 Å². The molecule has 1 fully saturated rings. The number of nitrogens with one attached hydrogen (secondary N) is 1. The summed E-state index contributed by atoms with van der Waals surface area (Å²) in [6, 6.07) is 7.70. The number of benzene rings is 1. The second-order valence-corrected chi connectivity index (χ2v) is 7.00. The fourth-order valence-corrected chi connectivity index (χ4v) is 4.64. The molecule has 0 spiro atoms. The fourth-order valence-electron chi connectivity index (χ4n) is 3.21. The number of halogens is 1. The van der Waals surface area contributed by atoms with Gasteiger partial charge in [0, 0.05) is 16.2 Å². The van der Waals surface area contributed by atoms with Crippen LogP contribution in [0.1, 0.15) is 46.0 Å². The summed E-state index contributed by atoms with van der Waals surface area (Å²) in [7, 11) is 0. The minimum Gasteiger partial charge on any atom is -0.313 e. The second kappa shape index (κ2) is 8.04. The van der Waals surface area contributed by atoms with Gasteiger partial charge in [-0.3, -0.25) is 0 Å². The Morgan fingerprint density at radius 2 is 2.05 bits per heavy atom. The Bertz CT molecular complexity index is 410. The van der Waals surface area contributed by atoms with Crippen molar-refractivity contribution in [1.29, 1.82) is 0 Å². The molecule has 3 unspecified atom stereocenters. The number of hydrogen-bond acceptors (Lipinski definition) is 2. The molecule has 1 saturated carbocycles. The Morgan fingerprint density at radius 1 is 1.25 bits per heavy atom. The molecule has 2 rings (SSSR count). The van der Waals surface area contributed by atoms with E-state index in [9.17, 15) is 4.39 Å². The molecule has 0 amide bonds. The van der Waals surface area contributed by atoms with Crippen LogP contribution in [0.2, 0.25) is 0 Å². The first-order valence-corrected chi connectivity index (χ1v) is 8.77.